The number of aromatic nitrogens is 2. The van der Waals surface area contributed by atoms with Gasteiger partial charge in [-0.2, -0.15) is 0 Å². The summed E-state index contributed by atoms with van der Waals surface area (Å²) in [6, 6.07) is 16.2. The first kappa shape index (κ1) is 26.3. The molecule has 4 rings (SSSR count). The summed E-state index contributed by atoms with van der Waals surface area (Å²) >= 11 is 0. The molecule has 0 bridgehead atoms. The molecule has 196 valence electrons. The Labute approximate surface area is 219 Å². The van der Waals surface area contributed by atoms with Crippen molar-refractivity contribution in [3.05, 3.63) is 83.9 Å². The van der Waals surface area contributed by atoms with Crippen LogP contribution in [0.25, 0.3) is 0 Å². The third-order valence-corrected chi connectivity index (χ3v) is 6.78. The number of rotatable bonds is 11. The molecule has 2 heterocycles. The molecule has 1 aromatic heterocycles. The molecule has 0 saturated carbocycles. The minimum atomic E-state index is -0.156. The van der Waals surface area contributed by atoms with E-state index >= 15 is 0 Å². The molecule has 0 radical (unpaired) electrons. The van der Waals surface area contributed by atoms with Crippen molar-refractivity contribution in [3.8, 4) is 5.75 Å². The Morgan fingerprint density at radius 1 is 1.08 bits per heavy atom. The van der Waals surface area contributed by atoms with Gasteiger partial charge in [0.15, 0.2) is 0 Å². The smallest absolute Gasteiger partial charge is 0.339 e. The van der Waals surface area contributed by atoms with E-state index in [0.29, 0.717) is 38.5 Å². The summed E-state index contributed by atoms with van der Waals surface area (Å²) in [7, 11) is 1.65. The molecule has 37 heavy (non-hydrogen) atoms. The maximum atomic E-state index is 13.7. The first-order chi connectivity index (χ1) is 17.9. The molecule has 2 aromatic carbocycles. The average molecular weight is 504 g/mol. The molecule has 3 aromatic rings. The van der Waals surface area contributed by atoms with E-state index in [4.69, 9.17) is 4.74 Å². The van der Waals surface area contributed by atoms with E-state index in [1.54, 1.807) is 29.7 Å². The highest BCUT2D eigenvalue weighted by Crippen LogP contribution is 2.31. The lowest BCUT2D eigenvalue weighted by Crippen LogP contribution is -2.49. The van der Waals surface area contributed by atoms with Crippen LogP contribution in [0.5, 0.6) is 5.75 Å². The minimum absolute atomic E-state index is 0.144. The van der Waals surface area contributed by atoms with E-state index < -0.39 is 0 Å². The number of hydrogen-bond acceptors (Lipinski definition) is 4. The first-order valence-electron chi connectivity index (χ1n) is 12.9. The van der Waals surface area contributed by atoms with Gasteiger partial charge < -0.3 is 14.2 Å². The molecule has 0 N–H and O–H groups in total. The summed E-state index contributed by atoms with van der Waals surface area (Å²) in [5.41, 5.74) is 3.49. The number of carbonyl (C=O) groups excluding carboxylic acids is 2. The SMILES string of the molecule is COc1ccc(CCN2C(=O)N(N(CCn3ccnc3)C(C)=O)CC2c2ccc(CC(C)C)cc2)cc1. The maximum absolute atomic E-state index is 13.7. The Kier molecular flexibility index (Phi) is 8.48. The predicted octanol–water partition coefficient (Wildman–Crippen LogP) is 4.58. The van der Waals surface area contributed by atoms with Crippen LogP contribution in [0.2, 0.25) is 0 Å². The van der Waals surface area contributed by atoms with E-state index in [9.17, 15) is 9.59 Å². The highest BCUT2D eigenvalue weighted by Gasteiger charge is 2.41. The van der Waals surface area contributed by atoms with Gasteiger partial charge in [-0.05, 0) is 47.6 Å². The zero-order valence-corrected chi connectivity index (χ0v) is 22.2. The molecular weight excluding hydrogens is 466 g/mol. The number of benzene rings is 2. The van der Waals surface area contributed by atoms with Crippen LogP contribution in [0.4, 0.5) is 4.79 Å². The summed E-state index contributed by atoms with van der Waals surface area (Å²) in [6.07, 6.45) is 7.00. The quantitative estimate of drug-likeness (QED) is 0.384. The van der Waals surface area contributed by atoms with E-state index in [-0.39, 0.29) is 18.0 Å². The van der Waals surface area contributed by atoms with Crippen LogP contribution in [0.1, 0.15) is 43.5 Å². The van der Waals surface area contributed by atoms with Crippen LogP contribution < -0.4 is 4.74 Å². The van der Waals surface area contributed by atoms with Gasteiger partial charge in [0.05, 0.1) is 32.6 Å². The van der Waals surface area contributed by atoms with Gasteiger partial charge in [0.25, 0.3) is 0 Å². The summed E-state index contributed by atoms with van der Waals surface area (Å²) < 4.78 is 7.18. The van der Waals surface area contributed by atoms with Crippen LogP contribution in [0, 0.1) is 5.92 Å². The van der Waals surface area contributed by atoms with E-state index in [1.807, 2.05) is 39.9 Å². The second-order valence-corrected chi connectivity index (χ2v) is 9.95. The molecule has 1 atom stereocenters. The van der Waals surface area contributed by atoms with Crippen molar-refractivity contribution in [1.29, 1.82) is 0 Å². The molecule has 8 nitrogen and oxygen atoms in total. The number of methoxy groups -OCH3 is 1. The summed E-state index contributed by atoms with van der Waals surface area (Å²) in [6.45, 7) is 7.86. The number of hydrazine groups is 1. The van der Waals surface area contributed by atoms with Gasteiger partial charge in [0.2, 0.25) is 5.91 Å². The standard InChI is InChI=1S/C29H37N5O3/c1-22(2)19-25-5-9-26(10-6-25)28-20-34(33(23(3)35)18-17-31-16-14-30-21-31)29(36)32(28)15-13-24-7-11-27(37-4)12-8-24/h5-12,14,16,21-22,28H,13,15,17-20H2,1-4H3. The van der Waals surface area contributed by atoms with Crippen molar-refractivity contribution < 1.29 is 14.3 Å². The summed E-state index contributed by atoms with van der Waals surface area (Å²) in [5, 5.41) is 3.18. The molecule has 1 aliphatic heterocycles. The Balaban J connectivity index is 1.55. The van der Waals surface area contributed by atoms with Gasteiger partial charge >= 0.3 is 6.03 Å². The fourth-order valence-corrected chi connectivity index (χ4v) is 4.83. The largest absolute Gasteiger partial charge is 0.497 e. The number of amides is 3. The maximum Gasteiger partial charge on any atom is 0.339 e. The highest BCUT2D eigenvalue weighted by molar-refractivity contribution is 5.82. The van der Waals surface area contributed by atoms with E-state index in [0.717, 1.165) is 23.3 Å². The lowest BCUT2D eigenvalue weighted by molar-refractivity contribution is -0.141. The Bertz CT molecular complexity index is 1160. The lowest BCUT2D eigenvalue weighted by atomic mass is 9.99. The van der Waals surface area contributed by atoms with Crippen LogP contribution in [-0.4, -0.2) is 63.2 Å². The second-order valence-electron chi connectivity index (χ2n) is 9.95. The number of urea groups is 1. The lowest BCUT2D eigenvalue weighted by Gasteiger charge is -2.30. The van der Waals surface area contributed by atoms with Gasteiger partial charge in [-0.15, -0.1) is 0 Å². The molecule has 0 aliphatic carbocycles. The zero-order valence-electron chi connectivity index (χ0n) is 22.2. The number of carbonyl (C=O) groups is 2. The first-order valence-corrected chi connectivity index (χ1v) is 12.9. The third-order valence-electron chi connectivity index (χ3n) is 6.78. The van der Waals surface area contributed by atoms with Gasteiger partial charge in [0.1, 0.15) is 5.75 Å². The Morgan fingerprint density at radius 2 is 1.78 bits per heavy atom. The monoisotopic (exact) mass is 503 g/mol. The topological polar surface area (TPSA) is 70.9 Å². The van der Waals surface area contributed by atoms with E-state index in [2.05, 4.69) is 43.1 Å². The Morgan fingerprint density at radius 3 is 2.38 bits per heavy atom. The average Bonchev–Trinajstić information content (AvgIpc) is 3.51. The number of nitrogens with zero attached hydrogens (tertiary/aromatic N) is 5. The van der Waals surface area contributed by atoms with Gasteiger partial charge in [-0.1, -0.05) is 50.2 Å². The fraction of sp³-hybridized carbons (Fsp3) is 0.414. The van der Waals surface area contributed by atoms with Crippen LogP contribution in [-0.2, 0) is 24.2 Å². The Hall–Kier alpha value is -3.81. The summed E-state index contributed by atoms with van der Waals surface area (Å²) in [4.78, 5) is 32.4. The van der Waals surface area contributed by atoms with Crippen molar-refractivity contribution in [2.24, 2.45) is 5.92 Å². The highest BCUT2D eigenvalue weighted by atomic mass is 16.5. The second kappa shape index (κ2) is 12.0. The normalized spacial score (nSPS) is 15.5. The van der Waals surface area contributed by atoms with Crippen molar-refractivity contribution in [2.45, 2.75) is 46.2 Å². The summed E-state index contributed by atoms with van der Waals surface area (Å²) in [5.74, 6) is 1.23. The number of ether oxygens (including phenoxy) is 1. The fourth-order valence-electron chi connectivity index (χ4n) is 4.83. The third kappa shape index (κ3) is 6.50. The zero-order chi connectivity index (χ0) is 26.4. The van der Waals surface area contributed by atoms with Crippen LogP contribution in [0.15, 0.2) is 67.3 Å². The molecule has 1 unspecified atom stereocenters. The van der Waals surface area contributed by atoms with Crippen LogP contribution >= 0.6 is 0 Å². The predicted molar refractivity (Wildman–Crippen MR) is 143 cm³/mol. The molecule has 0 spiro atoms. The van der Waals surface area contributed by atoms with Crippen molar-refractivity contribution in [2.75, 3.05) is 26.7 Å². The molecule has 8 heteroatoms. The molecular formula is C29H37N5O3. The molecule has 1 fully saturated rings. The minimum Gasteiger partial charge on any atom is -0.497 e. The van der Waals surface area contributed by atoms with Gasteiger partial charge in [-0.25, -0.2) is 19.8 Å². The van der Waals surface area contributed by atoms with Gasteiger partial charge in [-0.3, -0.25) is 4.79 Å². The van der Waals surface area contributed by atoms with E-state index in [1.165, 1.54) is 12.5 Å². The van der Waals surface area contributed by atoms with Crippen molar-refractivity contribution >= 4 is 11.9 Å². The number of imidazole rings is 1. The van der Waals surface area contributed by atoms with Gasteiger partial charge in [0, 0.05) is 32.4 Å². The van der Waals surface area contributed by atoms with Crippen LogP contribution in [0.3, 0.4) is 0 Å². The molecule has 1 saturated heterocycles. The molecule has 3 amide bonds. The van der Waals surface area contributed by atoms with Crippen molar-refractivity contribution in [1.82, 2.24) is 24.5 Å². The van der Waals surface area contributed by atoms with Crippen molar-refractivity contribution in [3.63, 3.8) is 0 Å². The number of hydrogen-bond donors (Lipinski definition) is 0. The molecule has 1 aliphatic rings.